The molecule has 0 bridgehead atoms. The van der Waals surface area contributed by atoms with Crippen LogP contribution in [0.4, 0.5) is 5.69 Å². The number of aryl methyl sites for hydroxylation is 1. The van der Waals surface area contributed by atoms with E-state index in [1.165, 1.54) is 11.8 Å². The van der Waals surface area contributed by atoms with Gasteiger partial charge in [-0.25, -0.2) is 4.99 Å². The van der Waals surface area contributed by atoms with Gasteiger partial charge in [-0.2, -0.15) is 0 Å². The Hall–Kier alpha value is -4.04. The number of hydrogen-bond acceptors (Lipinski definition) is 5. The van der Waals surface area contributed by atoms with Crippen molar-refractivity contribution in [2.75, 3.05) is 7.05 Å². The number of nitrogens with zero attached hydrogens (tertiary/aromatic N) is 3. The van der Waals surface area contributed by atoms with Crippen molar-refractivity contribution in [1.29, 1.82) is 0 Å². The van der Waals surface area contributed by atoms with Crippen LogP contribution in [0.5, 0.6) is 0 Å². The standard InChI is InChI=1S/C27H24N4O3S/c1-18-9-11-20(12-10-18)29-27-30(2)26(33)24(35-27)14-19-16-31(23-8-4-3-7-22(19)23)17-25(32)28-15-21-6-5-13-34-21/h3-14,16H,15,17H2,1-2H3,(H,28,32). The van der Waals surface area contributed by atoms with Crippen molar-refractivity contribution < 1.29 is 14.0 Å². The van der Waals surface area contributed by atoms with Crippen LogP contribution in [0.25, 0.3) is 17.0 Å². The lowest BCUT2D eigenvalue weighted by molar-refractivity contribution is -0.122. The van der Waals surface area contributed by atoms with Crippen molar-refractivity contribution in [2.24, 2.45) is 4.99 Å². The monoisotopic (exact) mass is 484 g/mol. The van der Waals surface area contributed by atoms with Crippen molar-refractivity contribution in [3.8, 4) is 0 Å². The van der Waals surface area contributed by atoms with Crippen LogP contribution in [0.2, 0.25) is 0 Å². The van der Waals surface area contributed by atoms with E-state index < -0.39 is 0 Å². The molecule has 8 heteroatoms. The number of aliphatic imine (C=N–C) groups is 1. The van der Waals surface area contributed by atoms with Gasteiger partial charge in [0.2, 0.25) is 5.91 Å². The van der Waals surface area contributed by atoms with Crippen molar-refractivity contribution in [3.05, 3.63) is 94.9 Å². The first-order valence-corrected chi connectivity index (χ1v) is 12.0. The van der Waals surface area contributed by atoms with Crippen LogP contribution in [-0.2, 0) is 22.7 Å². The Bertz CT molecular complexity index is 1450. The SMILES string of the molecule is Cc1ccc(N=C2SC(=Cc3cn(CC(=O)NCc4ccco4)c4ccccc34)C(=O)N2C)cc1. The molecule has 1 N–H and O–H groups in total. The van der Waals surface area contributed by atoms with E-state index in [2.05, 4.69) is 10.3 Å². The molecule has 2 aromatic heterocycles. The molecule has 0 aliphatic carbocycles. The Kier molecular flexibility index (Phi) is 6.29. The summed E-state index contributed by atoms with van der Waals surface area (Å²) >= 11 is 1.35. The van der Waals surface area contributed by atoms with Crippen LogP contribution in [0.3, 0.4) is 0 Å². The van der Waals surface area contributed by atoms with Gasteiger partial charge in [0.25, 0.3) is 5.91 Å². The van der Waals surface area contributed by atoms with E-state index in [-0.39, 0.29) is 18.4 Å². The molecular formula is C27H24N4O3S. The maximum atomic E-state index is 13.0. The molecule has 0 saturated carbocycles. The smallest absolute Gasteiger partial charge is 0.266 e. The van der Waals surface area contributed by atoms with Crippen molar-refractivity contribution in [1.82, 2.24) is 14.8 Å². The number of thioether (sulfide) groups is 1. The van der Waals surface area contributed by atoms with Gasteiger partial charge in [-0.3, -0.25) is 14.5 Å². The Morgan fingerprint density at radius 3 is 2.69 bits per heavy atom. The molecule has 1 fully saturated rings. The zero-order valence-electron chi connectivity index (χ0n) is 19.4. The Morgan fingerprint density at radius 2 is 1.91 bits per heavy atom. The summed E-state index contributed by atoms with van der Waals surface area (Å²) in [4.78, 5) is 32.3. The summed E-state index contributed by atoms with van der Waals surface area (Å²) < 4.78 is 7.17. The number of para-hydroxylation sites is 1. The van der Waals surface area contributed by atoms with Gasteiger partial charge in [-0.05, 0) is 55.1 Å². The average Bonchev–Trinajstić information content (AvgIpc) is 3.56. The van der Waals surface area contributed by atoms with Gasteiger partial charge in [0.1, 0.15) is 12.3 Å². The maximum Gasteiger partial charge on any atom is 0.266 e. The van der Waals surface area contributed by atoms with Gasteiger partial charge in [-0.1, -0.05) is 35.9 Å². The lowest BCUT2D eigenvalue weighted by Crippen LogP contribution is -2.26. The highest BCUT2D eigenvalue weighted by Gasteiger charge is 2.30. The fourth-order valence-electron chi connectivity index (χ4n) is 3.85. The average molecular weight is 485 g/mol. The third kappa shape index (κ3) is 4.93. The highest BCUT2D eigenvalue weighted by molar-refractivity contribution is 8.18. The number of furan rings is 1. The molecule has 3 heterocycles. The molecule has 2 amide bonds. The number of carbonyl (C=O) groups excluding carboxylic acids is 2. The molecule has 1 saturated heterocycles. The molecule has 0 radical (unpaired) electrons. The van der Waals surface area contributed by atoms with Gasteiger partial charge >= 0.3 is 0 Å². The predicted octanol–water partition coefficient (Wildman–Crippen LogP) is 5.09. The molecule has 0 atom stereocenters. The summed E-state index contributed by atoms with van der Waals surface area (Å²) in [5.41, 5.74) is 3.75. The highest BCUT2D eigenvalue weighted by atomic mass is 32.2. The van der Waals surface area contributed by atoms with Crippen LogP contribution >= 0.6 is 11.8 Å². The second-order valence-corrected chi connectivity index (χ2v) is 9.30. The Balaban J connectivity index is 1.39. The van der Waals surface area contributed by atoms with E-state index in [9.17, 15) is 9.59 Å². The third-order valence-electron chi connectivity index (χ3n) is 5.72. The molecule has 1 aliphatic rings. The molecule has 176 valence electrons. The normalized spacial score (nSPS) is 16.1. The van der Waals surface area contributed by atoms with Gasteiger partial charge in [0.15, 0.2) is 5.17 Å². The van der Waals surface area contributed by atoms with E-state index in [1.54, 1.807) is 24.3 Å². The number of nitrogens with one attached hydrogen (secondary N) is 1. The van der Waals surface area contributed by atoms with Gasteiger partial charge in [-0.15, -0.1) is 0 Å². The lowest BCUT2D eigenvalue weighted by Gasteiger charge is -2.07. The van der Waals surface area contributed by atoms with Gasteiger partial charge in [0, 0.05) is 29.7 Å². The number of amides is 2. The zero-order valence-corrected chi connectivity index (χ0v) is 20.2. The quantitative estimate of drug-likeness (QED) is 0.387. The first-order valence-electron chi connectivity index (χ1n) is 11.2. The zero-order chi connectivity index (χ0) is 24.4. The Morgan fingerprint density at radius 1 is 1.11 bits per heavy atom. The van der Waals surface area contributed by atoms with Crippen LogP contribution in [0.1, 0.15) is 16.9 Å². The van der Waals surface area contributed by atoms with E-state index in [0.717, 1.165) is 27.7 Å². The van der Waals surface area contributed by atoms with Gasteiger partial charge in [0.05, 0.1) is 23.4 Å². The summed E-state index contributed by atoms with van der Waals surface area (Å²) in [6.45, 7) is 2.52. The molecule has 5 rings (SSSR count). The molecule has 0 unspecified atom stereocenters. The van der Waals surface area contributed by atoms with Crippen LogP contribution in [-0.4, -0.2) is 33.5 Å². The summed E-state index contributed by atoms with van der Waals surface area (Å²) in [7, 11) is 1.73. The lowest BCUT2D eigenvalue weighted by atomic mass is 10.1. The molecule has 1 aliphatic heterocycles. The minimum absolute atomic E-state index is 0.103. The maximum absolute atomic E-state index is 13.0. The number of hydrogen-bond donors (Lipinski definition) is 1. The van der Waals surface area contributed by atoms with Crippen LogP contribution in [0.15, 0.2) is 87.4 Å². The summed E-state index contributed by atoms with van der Waals surface area (Å²) in [6.07, 6.45) is 5.37. The molecule has 7 nitrogen and oxygen atoms in total. The molecule has 4 aromatic rings. The largest absolute Gasteiger partial charge is 0.467 e. The molecule has 2 aromatic carbocycles. The van der Waals surface area contributed by atoms with Crippen molar-refractivity contribution in [2.45, 2.75) is 20.0 Å². The van der Waals surface area contributed by atoms with E-state index >= 15 is 0 Å². The first-order chi connectivity index (χ1) is 17.0. The van der Waals surface area contributed by atoms with Crippen molar-refractivity contribution in [3.63, 3.8) is 0 Å². The second-order valence-electron chi connectivity index (χ2n) is 8.29. The number of fused-ring (bicyclic) bond motifs is 1. The number of carbonyl (C=O) groups is 2. The minimum atomic E-state index is -0.125. The Labute approximate surface area is 207 Å². The number of amidine groups is 1. The van der Waals surface area contributed by atoms with Crippen LogP contribution in [0, 0.1) is 6.92 Å². The number of rotatable bonds is 6. The molecule has 35 heavy (non-hydrogen) atoms. The minimum Gasteiger partial charge on any atom is -0.467 e. The summed E-state index contributed by atoms with van der Waals surface area (Å²) in [5, 5.41) is 4.48. The molecule has 0 spiro atoms. The van der Waals surface area contributed by atoms with Crippen LogP contribution < -0.4 is 5.32 Å². The van der Waals surface area contributed by atoms with E-state index in [0.29, 0.717) is 22.4 Å². The topological polar surface area (TPSA) is 79.8 Å². The number of benzene rings is 2. The fraction of sp³-hybridized carbons (Fsp3) is 0.148. The highest BCUT2D eigenvalue weighted by Crippen LogP contribution is 2.34. The fourth-order valence-corrected chi connectivity index (χ4v) is 4.83. The molecular weight excluding hydrogens is 460 g/mol. The summed E-state index contributed by atoms with van der Waals surface area (Å²) in [6, 6.07) is 19.3. The predicted molar refractivity (Wildman–Crippen MR) is 139 cm³/mol. The summed E-state index contributed by atoms with van der Waals surface area (Å²) in [5.74, 6) is 0.471. The third-order valence-corrected chi connectivity index (χ3v) is 6.78. The number of likely N-dealkylation sites (N-methyl/N-ethyl adjacent to an activating group) is 1. The van der Waals surface area contributed by atoms with Crippen molar-refractivity contribution >= 4 is 51.4 Å². The number of aromatic nitrogens is 1. The van der Waals surface area contributed by atoms with E-state index in [4.69, 9.17) is 4.42 Å². The van der Waals surface area contributed by atoms with E-state index in [1.807, 2.05) is 78.4 Å². The first kappa shape index (κ1) is 22.7. The van der Waals surface area contributed by atoms with Gasteiger partial charge < -0.3 is 14.3 Å². The second kappa shape index (κ2) is 9.68.